The van der Waals surface area contributed by atoms with Crippen molar-refractivity contribution in [3.05, 3.63) is 38.3 Å². The normalized spacial score (nSPS) is 10.4. The number of halogens is 1. The number of alkyl halides is 1. The molecule has 1 aromatic heterocycles. The molecule has 0 aliphatic rings. The van der Waals surface area contributed by atoms with Crippen LogP contribution in [0.4, 0.5) is 5.69 Å². The summed E-state index contributed by atoms with van der Waals surface area (Å²) in [5.41, 5.74) is 0.159. The first-order chi connectivity index (χ1) is 7.56. The van der Waals surface area contributed by atoms with E-state index in [9.17, 15) is 14.9 Å². The van der Waals surface area contributed by atoms with Crippen LogP contribution in [0.3, 0.4) is 0 Å². The first kappa shape index (κ1) is 12.7. The molecule has 0 saturated heterocycles. The van der Waals surface area contributed by atoms with Crippen LogP contribution in [-0.4, -0.2) is 15.4 Å². The molecule has 0 atom stereocenters. The molecule has 0 saturated carbocycles. The van der Waals surface area contributed by atoms with Gasteiger partial charge in [-0.2, -0.15) is 0 Å². The van der Waals surface area contributed by atoms with Gasteiger partial charge in [0.15, 0.2) is 0 Å². The van der Waals surface area contributed by atoms with E-state index in [-0.39, 0.29) is 11.2 Å². The van der Waals surface area contributed by atoms with Crippen LogP contribution in [-0.2, 0) is 6.54 Å². The molecule has 16 heavy (non-hydrogen) atoms. The number of pyridine rings is 1. The van der Waals surface area contributed by atoms with Crippen LogP contribution in [0.1, 0.15) is 18.4 Å². The van der Waals surface area contributed by atoms with E-state index >= 15 is 0 Å². The highest BCUT2D eigenvalue weighted by molar-refractivity contribution is 6.17. The summed E-state index contributed by atoms with van der Waals surface area (Å²) in [5.74, 6) is 0.530. The summed E-state index contributed by atoms with van der Waals surface area (Å²) >= 11 is 5.52. The lowest BCUT2D eigenvalue weighted by atomic mass is 10.2. The summed E-state index contributed by atoms with van der Waals surface area (Å²) in [6.07, 6.45) is 2.82. The van der Waals surface area contributed by atoms with Crippen molar-refractivity contribution in [2.75, 3.05) is 5.88 Å². The third-order valence-electron chi connectivity index (χ3n) is 2.28. The Labute approximate surface area is 97.8 Å². The fourth-order valence-electron chi connectivity index (χ4n) is 1.40. The summed E-state index contributed by atoms with van der Waals surface area (Å²) in [5, 5.41) is 10.7. The summed E-state index contributed by atoms with van der Waals surface area (Å²) in [6, 6.07) is 1.29. The fourth-order valence-corrected chi connectivity index (χ4v) is 1.59. The zero-order valence-corrected chi connectivity index (χ0v) is 9.74. The summed E-state index contributed by atoms with van der Waals surface area (Å²) in [7, 11) is 0. The van der Waals surface area contributed by atoms with E-state index in [0.29, 0.717) is 18.0 Å². The molecule has 6 heteroatoms. The van der Waals surface area contributed by atoms with Crippen molar-refractivity contribution in [3.63, 3.8) is 0 Å². The Bertz CT molecular complexity index is 442. The van der Waals surface area contributed by atoms with Crippen molar-refractivity contribution in [2.24, 2.45) is 0 Å². The van der Waals surface area contributed by atoms with E-state index in [0.717, 1.165) is 12.8 Å². The summed E-state index contributed by atoms with van der Waals surface area (Å²) in [6.45, 7) is 2.02. The second-order valence-corrected chi connectivity index (χ2v) is 3.90. The summed E-state index contributed by atoms with van der Waals surface area (Å²) in [4.78, 5) is 21.7. The molecule has 5 nitrogen and oxygen atoms in total. The number of aryl methyl sites for hydroxylation is 2. The Balaban J connectivity index is 2.96. The summed E-state index contributed by atoms with van der Waals surface area (Å²) < 4.78 is 1.36. The molecule has 1 heterocycles. The molecule has 0 spiro atoms. The monoisotopic (exact) mass is 244 g/mol. The van der Waals surface area contributed by atoms with Crippen LogP contribution < -0.4 is 5.56 Å². The van der Waals surface area contributed by atoms with Gasteiger partial charge in [0, 0.05) is 24.1 Å². The maximum Gasteiger partial charge on any atom is 0.288 e. The van der Waals surface area contributed by atoms with E-state index < -0.39 is 4.92 Å². The van der Waals surface area contributed by atoms with Crippen LogP contribution in [0.25, 0.3) is 0 Å². The van der Waals surface area contributed by atoms with Gasteiger partial charge in [0.05, 0.1) is 11.1 Å². The van der Waals surface area contributed by atoms with Crippen molar-refractivity contribution < 1.29 is 4.92 Å². The number of nitrogens with zero attached hydrogens (tertiary/aromatic N) is 2. The lowest BCUT2D eigenvalue weighted by Crippen LogP contribution is -2.20. The van der Waals surface area contributed by atoms with Gasteiger partial charge >= 0.3 is 0 Å². The predicted molar refractivity (Wildman–Crippen MR) is 62.0 cm³/mol. The third kappa shape index (κ3) is 3.06. The number of rotatable bonds is 5. The molecular weight excluding hydrogens is 232 g/mol. The second kappa shape index (κ2) is 5.65. The number of nitro groups is 1. The van der Waals surface area contributed by atoms with E-state index in [1.54, 1.807) is 6.92 Å². The van der Waals surface area contributed by atoms with Gasteiger partial charge in [0.25, 0.3) is 11.2 Å². The molecule has 0 radical (unpaired) electrons. The Hall–Kier alpha value is -1.36. The molecule has 0 aromatic carbocycles. The zero-order valence-electron chi connectivity index (χ0n) is 8.98. The molecule has 88 valence electrons. The SMILES string of the molecule is Cc1cc(=O)n(CCCCCl)cc1[N+](=O)[O-]. The van der Waals surface area contributed by atoms with Gasteiger partial charge in [-0.15, -0.1) is 11.6 Å². The maximum absolute atomic E-state index is 11.5. The first-order valence-corrected chi connectivity index (χ1v) is 5.51. The number of aromatic nitrogens is 1. The minimum absolute atomic E-state index is 0.0227. The van der Waals surface area contributed by atoms with Crippen molar-refractivity contribution in [1.82, 2.24) is 4.57 Å². The minimum Gasteiger partial charge on any atom is -0.309 e. The standard InChI is InChI=1S/C10H13ClN2O3/c1-8-6-10(14)12(5-3-2-4-11)7-9(8)13(15)16/h6-7H,2-5H2,1H3. The van der Waals surface area contributed by atoms with Crippen molar-refractivity contribution >= 4 is 17.3 Å². The number of hydrogen-bond acceptors (Lipinski definition) is 3. The molecule has 0 fully saturated rings. The van der Waals surface area contributed by atoms with Crippen LogP contribution in [0, 0.1) is 17.0 Å². The molecule has 0 N–H and O–H groups in total. The second-order valence-electron chi connectivity index (χ2n) is 3.53. The van der Waals surface area contributed by atoms with Crippen LogP contribution in [0.5, 0.6) is 0 Å². The average Bonchev–Trinajstić information content (AvgIpc) is 2.21. The Morgan fingerprint density at radius 1 is 1.50 bits per heavy atom. The molecule has 0 bridgehead atoms. The Kier molecular flexibility index (Phi) is 4.49. The van der Waals surface area contributed by atoms with Crippen molar-refractivity contribution in [3.8, 4) is 0 Å². The predicted octanol–water partition coefficient (Wildman–Crippen LogP) is 2.08. The van der Waals surface area contributed by atoms with Gasteiger partial charge in [-0.25, -0.2) is 0 Å². The smallest absolute Gasteiger partial charge is 0.288 e. The molecule has 0 aliphatic heterocycles. The minimum atomic E-state index is -0.479. The number of unbranched alkanes of at least 4 members (excludes halogenated alkanes) is 1. The molecule has 1 rings (SSSR count). The van der Waals surface area contributed by atoms with Gasteiger partial charge in [0.2, 0.25) is 0 Å². The van der Waals surface area contributed by atoms with Crippen LogP contribution in [0.2, 0.25) is 0 Å². The highest BCUT2D eigenvalue weighted by Gasteiger charge is 2.12. The van der Waals surface area contributed by atoms with Crippen LogP contribution in [0.15, 0.2) is 17.1 Å². The van der Waals surface area contributed by atoms with Gasteiger partial charge in [-0.3, -0.25) is 14.9 Å². The lowest BCUT2D eigenvalue weighted by molar-refractivity contribution is -0.385. The largest absolute Gasteiger partial charge is 0.309 e. The highest BCUT2D eigenvalue weighted by atomic mass is 35.5. The molecular formula is C10H13ClN2O3. The highest BCUT2D eigenvalue weighted by Crippen LogP contribution is 2.14. The Morgan fingerprint density at radius 2 is 2.19 bits per heavy atom. The van der Waals surface area contributed by atoms with Crippen molar-refractivity contribution in [1.29, 1.82) is 0 Å². The van der Waals surface area contributed by atoms with Gasteiger partial charge in [0.1, 0.15) is 0 Å². The van der Waals surface area contributed by atoms with E-state index in [2.05, 4.69) is 0 Å². The van der Waals surface area contributed by atoms with E-state index in [4.69, 9.17) is 11.6 Å². The molecule has 0 amide bonds. The third-order valence-corrected chi connectivity index (χ3v) is 2.55. The topological polar surface area (TPSA) is 65.1 Å². The van der Waals surface area contributed by atoms with Gasteiger partial charge in [-0.1, -0.05) is 0 Å². The van der Waals surface area contributed by atoms with E-state index in [1.165, 1.54) is 16.8 Å². The zero-order chi connectivity index (χ0) is 12.1. The Morgan fingerprint density at radius 3 is 2.75 bits per heavy atom. The molecule has 0 unspecified atom stereocenters. The lowest BCUT2D eigenvalue weighted by Gasteiger charge is -2.05. The first-order valence-electron chi connectivity index (χ1n) is 4.97. The van der Waals surface area contributed by atoms with Crippen molar-refractivity contribution in [2.45, 2.75) is 26.3 Å². The fraction of sp³-hybridized carbons (Fsp3) is 0.500. The quantitative estimate of drug-likeness (QED) is 0.345. The average molecular weight is 245 g/mol. The van der Waals surface area contributed by atoms with E-state index in [1.807, 2.05) is 0 Å². The van der Waals surface area contributed by atoms with Gasteiger partial charge in [-0.05, 0) is 19.8 Å². The molecule has 0 aliphatic carbocycles. The van der Waals surface area contributed by atoms with Gasteiger partial charge < -0.3 is 4.57 Å². The number of hydrogen-bond donors (Lipinski definition) is 0. The molecule has 1 aromatic rings. The van der Waals surface area contributed by atoms with Crippen LogP contribution >= 0.6 is 11.6 Å². The maximum atomic E-state index is 11.5.